The number of rotatable bonds is 6. The standard InChI is InChI=1S/C33H26F6N4O2/c1-45-24-5-2-4-21(16-24)32(44)42-14-12-41(13-15-42)23-10-8-20(9-11-23)31-25-6-3-7-27(33(37,38)39)30(25)40-43(31)19-26-28(35)17-22(34)18-29(26)36/h2-11,16-18H,12-15,19H2,1H3. The molecule has 0 saturated carbocycles. The van der Waals surface area contributed by atoms with Crippen molar-refractivity contribution >= 4 is 22.5 Å². The summed E-state index contributed by atoms with van der Waals surface area (Å²) in [5.41, 5.74) is 0.160. The van der Waals surface area contributed by atoms with E-state index in [4.69, 9.17) is 4.74 Å². The van der Waals surface area contributed by atoms with Gasteiger partial charge in [-0.1, -0.05) is 30.3 Å². The number of carbonyl (C=O) groups excluding carboxylic acids is 1. The van der Waals surface area contributed by atoms with Crippen LogP contribution in [-0.2, 0) is 12.7 Å². The van der Waals surface area contributed by atoms with Gasteiger partial charge in [-0.15, -0.1) is 0 Å². The van der Waals surface area contributed by atoms with Crippen LogP contribution in [0.15, 0.2) is 78.9 Å². The number of alkyl halides is 3. The van der Waals surface area contributed by atoms with Crippen LogP contribution >= 0.6 is 0 Å². The monoisotopic (exact) mass is 624 g/mol. The Morgan fingerprint density at radius 2 is 1.53 bits per heavy atom. The number of halogens is 6. The Morgan fingerprint density at radius 1 is 0.867 bits per heavy atom. The second kappa shape index (κ2) is 11.8. The molecule has 0 aliphatic carbocycles. The quantitative estimate of drug-likeness (QED) is 0.188. The number of anilines is 1. The summed E-state index contributed by atoms with van der Waals surface area (Å²) in [6, 6.07) is 18.6. The first-order valence-electron chi connectivity index (χ1n) is 14.0. The fraction of sp³-hybridized carbons (Fsp3) is 0.212. The summed E-state index contributed by atoms with van der Waals surface area (Å²) in [4.78, 5) is 16.9. The van der Waals surface area contributed by atoms with Crippen molar-refractivity contribution in [3.63, 3.8) is 0 Å². The summed E-state index contributed by atoms with van der Waals surface area (Å²) in [5.74, 6) is -2.96. The van der Waals surface area contributed by atoms with Crippen LogP contribution in [0.1, 0.15) is 21.5 Å². The molecule has 1 aromatic heterocycles. The molecule has 0 spiro atoms. The lowest BCUT2D eigenvalue weighted by atomic mass is 10.0. The van der Waals surface area contributed by atoms with Gasteiger partial charge >= 0.3 is 6.18 Å². The Kier molecular flexibility index (Phi) is 7.90. The van der Waals surface area contributed by atoms with Gasteiger partial charge in [-0.25, -0.2) is 13.2 Å². The van der Waals surface area contributed by atoms with Crippen molar-refractivity contribution in [1.29, 1.82) is 0 Å². The maximum Gasteiger partial charge on any atom is 0.418 e. The summed E-state index contributed by atoms with van der Waals surface area (Å²) in [5, 5.41) is 4.29. The van der Waals surface area contributed by atoms with Crippen LogP contribution in [0.5, 0.6) is 5.75 Å². The number of amides is 1. The molecule has 12 heteroatoms. The molecule has 0 N–H and O–H groups in total. The number of nitrogens with zero attached hydrogens (tertiary/aromatic N) is 4. The lowest BCUT2D eigenvalue weighted by Gasteiger charge is -2.36. The van der Waals surface area contributed by atoms with Crippen molar-refractivity contribution in [2.24, 2.45) is 0 Å². The molecule has 5 aromatic rings. The Hall–Kier alpha value is -5.00. The molecule has 0 radical (unpaired) electrons. The van der Waals surface area contributed by atoms with Crippen molar-refractivity contribution in [1.82, 2.24) is 14.7 Å². The number of methoxy groups -OCH3 is 1. The lowest BCUT2D eigenvalue weighted by Crippen LogP contribution is -2.48. The number of piperazine rings is 1. The zero-order valence-corrected chi connectivity index (χ0v) is 23.9. The van der Waals surface area contributed by atoms with E-state index < -0.39 is 41.3 Å². The molecule has 1 aliphatic rings. The first kappa shape index (κ1) is 30.0. The van der Waals surface area contributed by atoms with E-state index in [9.17, 15) is 31.1 Å². The molecule has 0 atom stereocenters. The molecule has 1 amide bonds. The number of fused-ring (bicyclic) bond motifs is 1. The van der Waals surface area contributed by atoms with E-state index in [1.807, 2.05) is 0 Å². The smallest absolute Gasteiger partial charge is 0.418 e. The van der Waals surface area contributed by atoms with Crippen LogP contribution in [0.2, 0.25) is 0 Å². The van der Waals surface area contributed by atoms with E-state index in [1.165, 1.54) is 19.2 Å². The van der Waals surface area contributed by atoms with E-state index in [0.29, 0.717) is 55.2 Å². The van der Waals surface area contributed by atoms with Crippen LogP contribution < -0.4 is 9.64 Å². The highest BCUT2D eigenvalue weighted by atomic mass is 19.4. The third-order valence-corrected chi connectivity index (χ3v) is 7.88. The van der Waals surface area contributed by atoms with Crippen LogP contribution in [0, 0.1) is 17.5 Å². The zero-order chi connectivity index (χ0) is 31.9. The van der Waals surface area contributed by atoms with Gasteiger partial charge in [0, 0.05) is 66.1 Å². The minimum Gasteiger partial charge on any atom is -0.497 e. The van der Waals surface area contributed by atoms with E-state index >= 15 is 0 Å². The van der Waals surface area contributed by atoms with Crippen LogP contribution in [-0.4, -0.2) is 53.9 Å². The molecule has 2 heterocycles. The molecule has 6 nitrogen and oxygen atoms in total. The van der Waals surface area contributed by atoms with Crippen LogP contribution in [0.4, 0.5) is 32.0 Å². The summed E-state index contributed by atoms with van der Waals surface area (Å²) in [6.45, 7) is 1.49. The first-order chi connectivity index (χ1) is 21.5. The Labute approximate surface area is 254 Å². The van der Waals surface area contributed by atoms with Gasteiger partial charge in [0.15, 0.2) is 0 Å². The SMILES string of the molecule is COc1cccc(C(=O)N2CCN(c3ccc(-c4c5cccc(C(F)(F)F)c5nn4Cc4c(F)cc(F)cc4F)cc3)CC2)c1. The molecule has 6 rings (SSSR count). The van der Waals surface area contributed by atoms with Crippen molar-refractivity contribution in [3.8, 4) is 17.0 Å². The summed E-state index contributed by atoms with van der Waals surface area (Å²) < 4.78 is 90.7. The maximum absolute atomic E-state index is 14.6. The normalized spacial score (nSPS) is 13.8. The molecule has 1 fully saturated rings. The van der Waals surface area contributed by atoms with Crippen molar-refractivity contribution in [2.75, 3.05) is 38.2 Å². The van der Waals surface area contributed by atoms with Crippen LogP contribution in [0.25, 0.3) is 22.2 Å². The zero-order valence-electron chi connectivity index (χ0n) is 23.9. The highest BCUT2D eigenvalue weighted by Crippen LogP contribution is 2.39. The summed E-state index contributed by atoms with van der Waals surface area (Å²) in [6.07, 6.45) is -4.72. The van der Waals surface area contributed by atoms with Gasteiger partial charge in [0.2, 0.25) is 0 Å². The van der Waals surface area contributed by atoms with E-state index in [1.54, 1.807) is 53.4 Å². The third kappa shape index (κ3) is 5.92. The minimum absolute atomic E-state index is 0.101. The molecule has 0 bridgehead atoms. The van der Waals surface area contributed by atoms with Gasteiger partial charge in [0.25, 0.3) is 5.91 Å². The highest BCUT2D eigenvalue weighted by Gasteiger charge is 2.35. The molecule has 0 unspecified atom stereocenters. The molecular weight excluding hydrogens is 598 g/mol. The molecule has 232 valence electrons. The van der Waals surface area contributed by atoms with Gasteiger partial charge in [0.1, 0.15) is 28.7 Å². The Bertz CT molecular complexity index is 1860. The largest absolute Gasteiger partial charge is 0.497 e. The average Bonchev–Trinajstić information content (AvgIpc) is 3.40. The van der Waals surface area contributed by atoms with Crippen molar-refractivity contribution in [2.45, 2.75) is 12.7 Å². The van der Waals surface area contributed by atoms with Gasteiger partial charge < -0.3 is 14.5 Å². The van der Waals surface area contributed by atoms with Crippen LogP contribution in [0.3, 0.4) is 0 Å². The third-order valence-electron chi connectivity index (χ3n) is 7.88. The number of hydrogen-bond acceptors (Lipinski definition) is 4. The fourth-order valence-electron chi connectivity index (χ4n) is 5.61. The number of hydrogen-bond donors (Lipinski definition) is 0. The van der Waals surface area contributed by atoms with E-state index in [-0.39, 0.29) is 22.5 Å². The molecule has 4 aromatic carbocycles. The topological polar surface area (TPSA) is 50.6 Å². The van der Waals surface area contributed by atoms with Gasteiger partial charge in [-0.3, -0.25) is 9.48 Å². The average molecular weight is 625 g/mol. The Balaban J connectivity index is 1.29. The molecule has 1 aliphatic heterocycles. The van der Waals surface area contributed by atoms with Gasteiger partial charge in [-0.05, 0) is 36.4 Å². The van der Waals surface area contributed by atoms with Gasteiger partial charge in [-0.2, -0.15) is 18.3 Å². The Morgan fingerprint density at radius 3 is 2.18 bits per heavy atom. The predicted molar refractivity (Wildman–Crippen MR) is 157 cm³/mol. The molecule has 45 heavy (non-hydrogen) atoms. The second-order valence-electron chi connectivity index (χ2n) is 10.6. The molecule has 1 saturated heterocycles. The number of benzene rings is 4. The number of carbonyl (C=O) groups is 1. The first-order valence-corrected chi connectivity index (χ1v) is 14.0. The summed E-state index contributed by atoms with van der Waals surface area (Å²) >= 11 is 0. The number of ether oxygens (including phenoxy) is 1. The van der Waals surface area contributed by atoms with E-state index in [2.05, 4.69) is 10.00 Å². The van der Waals surface area contributed by atoms with Crippen molar-refractivity contribution < 1.29 is 35.9 Å². The predicted octanol–water partition coefficient (Wildman–Crippen LogP) is 7.16. The fourth-order valence-corrected chi connectivity index (χ4v) is 5.61. The lowest BCUT2D eigenvalue weighted by molar-refractivity contribution is -0.136. The summed E-state index contributed by atoms with van der Waals surface area (Å²) in [7, 11) is 1.54. The molecular formula is C33H26F6N4O2. The van der Waals surface area contributed by atoms with E-state index in [0.717, 1.165) is 16.4 Å². The van der Waals surface area contributed by atoms with Gasteiger partial charge in [0.05, 0.1) is 24.9 Å². The minimum atomic E-state index is -4.72. The highest BCUT2D eigenvalue weighted by molar-refractivity contribution is 5.96. The second-order valence-corrected chi connectivity index (χ2v) is 10.6. The maximum atomic E-state index is 14.6. The van der Waals surface area contributed by atoms with Crippen molar-refractivity contribution in [3.05, 3.63) is 113 Å². The number of aromatic nitrogens is 2.